The van der Waals surface area contributed by atoms with E-state index in [4.69, 9.17) is 14.2 Å². The van der Waals surface area contributed by atoms with Crippen LogP contribution in [0, 0.1) is 12.8 Å². The molecule has 1 saturated carbocycles. The highest BCUT2D eigenvalue weighted by Crippen LogP contribution is 2.38. The molecular formula is C28H37NO3. The maximum absolute atomic E-state index is 6.39. The zero-order valence-corrected chi connectivity index (χ0v) is 19.4. The van der Waals surface area contributed by atoms with E-state index in [0.717, 1.165) is 62.9 Å². The molecule has 2 aromatic rings. The van der Waals surface area contributed by atoms with E-state index in [1.165, 1.54) is 42.4 Å². The molecule has 3 aliphatic rings. The van der Waals surface area contributed by atoms with Crippen LogP contribution in [0.3, 0.4) is 0 Å². The molecule has 2 fully saturated rings. The molecule has 0 aromatic heterocycles. The van der Waals surface area contributed by atoms with E-state index in [9.17, 15) is 0 Å². The van der Waals surface area contributed by atoms with Crippen LogP contribution in [0.4, 0.5) is 0 Å². The smallest absolute Gasteiger partial charge is 0.124 e. The zero-order chi connectivity index (χ0) is 21.8. The number of benzene rings is 2. The number of aryl methyl sites for hydroxylation is 2. The van der Waals surface area contributed by atoms with E-state index in [0.29, 0.717) is 12.1 Å². The maximum Gasteiger partial charge on any atom is 0.124 e. The van der Waals surface area contributed by atoms with Gasteiger partial charge in [-0.15, -0.1) is 0 Å². The van der Waals surface area contributed by atoms with Crippen molar-refractivity contribution in [2.45, 2.75) is 76.5 Å². The molecule has 32 heavy (non-hydrogen) atoms. The van der Waals surface area contributed by atoms with Crippen molar-refractivity contribution in [3.8, 4) is 11.5 Å². The third kappa shape index (κ3) is 5.29. The number of nitrogens with one attached hydrogen (secondary N) is 1. The molecule has 1 aliphatic carbocycles. The van der Waals surface area contributed by atoms with Crippen LogP contribution in [0.5, 0.6) is 11.5 Å². The van der Waals surface area contributed by atoms with Gasteiger partial charge in [-0.05, 0) is 106 Å². The van der Waals surface area contributed by atoms with Crippen molar-refractivity contribution in [3.63, 3.8) is 0 Å². The fraction of sp³-hybridized carbons (Fsp3) is 0.571. The van der Waals surface area contributed by atoms with Crippen LogP contribution in [0.15, 0.2) is 42.5 Å². The van der Waals surface area contributed by atoms with Crippen molar-refractivity contribution in [3.05, 3.63) is 59.2 Å². The largest absolute Gasteiger partial charge is 0.490 e. The molecule has 4 nitrogen and oxygen atoms in total. The number of hydrogen-bond acceptors (Lipinski definition) is 4. The first-order valence-electron chi connectivity index (χ1n) is 12.6. The molecule has 2 heterocycles. The number of fused-ring (bicyclic) bond motifs is 1. The Kier molecular flexibility index (Phi) is 6.99. The van der Waals surface area contributed by atoms with Gasteiger partial charge in [0.15, 0.2) is 0 Å². The van der Waals surface area contributed by atoms with E-state index < -0.39 is 0 Å². The lowest BCUT2D eigenvalue weighted by molar-refractivity contribution is 0.0639. The van der Waals surface area contributed by atoms with E-state index in [1.54, 1.807) is 0 Å². The van der Waals surface area contributed by atoms with Crippen LogP contribution in [0.25, 0.3) is 0 Å². The number of hydrogen-bond donors (Lipinski definition) is 1. The summed E-state index contributed by atoms with van der Waals surface area (Å²) in [4.78, 5) is 0. The summed E-state index contributed by atoms with van der Waals surface area (Å²) in [6.07, 6.45) is 9.64. The quantitative estimate of drug-likeness (QED) is 0.625. The molecule has 172 valence electrons. The van der Waals surface area contributed by atoms with Gasteiger partial charge in [-0.2, -0.15) is 0 Å². The molecule has 2 aromatic carbocycles. The first kappa shape index (κ1) is 21.8. The van der Waals surface area contributed by atoms with Crippen LogP contribution in [-0.2, 0) is 11.2 Å². The third-order valence-corrected chi connectivity index (χ3v) is 7.53. The van der Waals surface area contributed by atoms with Gasteiger partial charge in [0.25, 0.3) is 0 Å². The molecule has 0 radical (unpaired) electrons. The van der Waals surface area contributed by atoms with Gasteiger partial charge in [0.1, 0.15) is 17.6 Å². The average Bonchev–Trinajstić information content (AvgIpc) is 2.84. The van der Waals surface area contributed by atoms with Gasteiger partial charge in [0.2, 0.25) is 0 Å². The van der Waals surface area contributed by atoms with Gasteiger partial charge in [0, 0.05) is 19.3 Å². The summed E-state index contributed by atoms with van der Waals surface area (Å²) in [6, 6.07) is 15.6. The minimum atomic E-state index is 0.152. The lowest BCUT2D eigenvalue weighted by Crippen LogP contribution is -2.39. The van der Waals surface area contributed by atoms with Crippen LogP contribution in [-0.4, -0.2) is 31.9 Å². The summed E-state index contributed by atoms with van der Waals surface area (Å²) in [7, 11) is 0. The highest BCUT2D eigenvalue weighted by Gasteiger charge is 2.25. The van der Waals surface area contributed by atoms with Crippen molar-refractivity contribution >= 4 is 0 Å². The minimum Gasteiger partial charge on any atom is -0.490 e. The van der Waals surface area contributed by atoms with Crippen LogP contribution >= 0.6 is 0 Å². The third-order valence-electron chi connectivity index (χ3n) is 7.53. The molecule has 4 heteroatoms. The van der Waals surface area contributed by atoms with Crippen LogP contribution in [0.2, 0.25) is 0 Å². The Hall–Kier alpha value is -2.04. The Morgan fingerprint density at radius 1 is 0.938 bits per heavy atom. The van der Waals surface area contributed by atoms with Gasteiger partial charge >= 0.3 is 0 Å². The molecule has 0 spiro atoms. The minimum absolute atomic E-state index is 0.152. The molecule has 1 saturated heterocycles. The first-order valence-corrected chi connectivity index (χ1v) is 12.6. The topological polar surface area (TPSA) is 39.7 Å². The van der Waals surface area contributed by atoms with E-state index in [-0.39, 0.29) is 6.10 Å². The predicted molar refractivity (Wildman–Crippen MR) is 128 cm³/mol. The van der Waals surface area contributed by atoms with Crippen molar-refractivity contribution in [2.24, 2.45) is 5.92 Å². The first-order chi connectivity index (χ1) is 15.7. The van der Waals surface area contributed by atoms with Crippen molar-refractivity contribution in [1.29, 1.82) is 0 Å². The summed E-state index contributed by atoms with van der Waals surface area (Å²) in [5.41, 5.74) is 3.89. The van der Waals surface area contributed by atoms with Crippen molar-refractivity contribution < 1.29 is 14.2 Å². The molecule has 2 aliphatic heterocycles. The fourth-order valence-electron chi connectivity index (χ4n) is 5.47. The molecule has 1 unspecified atom stereocenters. The summed E-state index contributed by atoms with van der Waals surface area (Å²) in [5.74, 6) is 2.80. The van der Waals surface area contributed by atoms with Gasteiger partial charge in [-0.3, -0.25) is 0 Å². The number of rotatable bonds is 6. The molecule has 0 amide bonds. The molecule has 0 bridgehead atoms. The Bertz CT molecular complexity index is 884. The fourth-order valence-corrected chi connectivity index (χ4v) is 5.47. The van der Waals surface area contributed by atoms with E-state index in [2.05, 4.69) is 54.7 Å². The molecular weight excluding hydrogens is 398 g/mol. The second kappa shape index (κ2) is 10.3. The van der Waals surface area contributed by atoms with Gasteiger partial charge in [0.05, 0.1) is 6.10 Å². The van der Waals surface area contributed by atoms with Gasteiger partial charge in [-0.1, -0.05) is 24.3 Å². The average molecular weight is 436 g/mol. The van der Waals surface area contributed by atoms with Crippen LogP contribution < -0.4 is 14.8 Å². The Morgan fingerprint density at radius 3 is 2.56 bits per heavy atom. The van der Waals surface area contributed by atoms with Crippen molar-refractivity contribution in [2.75, 3.05) is 19.8 Å². The monoisotopic (exact) mass is 435 g/mol. The Balaban J connectivity index is 1.10. The van der Waals surface area contributed by atoms with Crippen molar-refractivity contribution in [1.82, 2.24) is 5.32 Å². The predicted octanol–water partition coefficient (Wildman–Crippen LogP) is 5.77. The lowest BCUT2D eigenvalue weighted by atomic mass is 9.91. The zero-order valence-electron chi connectivity index (χ0n) is 19.4. The normalized spacial score (nSPS) is 26.2. The summed E-state index contributed by atoms with van der Waals surface area (Å²) in [5, 5.41) is 3.81. The summed E-state index contributed by atoms with van der Waals surface area (Å²) < 4.78 is 18.2. The lowest BCUT2D eigenvalue weighted by Gasteiger charge is -2.32. The second-order valence-electron chi connectivity index (χ2n) is 9.83. The highest BCUT2D eigenvalue weighted by molar-refractivity contribution is 5.43. The maximum atomic E-state index is 6.39. The SMILES string of the molecule is Cc1ccccc1C1CCc2cc(OC3CCC(NCC4CCOCC4)CC3)ccc2O1. The highest BCUT2D eigenvalue weighted by atomic mass is 16.5. The second-order valence-corrected chi connectivity index (χ2v) is 9.83. The van der Waals surface area contributed by atoms with E-state index in [1.807, 2.05) is 0 Å². The molecule has 1 N–H and O–H groups in total. The Labute approximate surface area is 192 Å². The molecule has 5 rings (SSSR count). The van der Waals surface area contributed by atoms with Gasteiger partial charge in [-0.25, -0.2) is 0 Å². The number of ether oxygens (including phenoxy) is 3. The summed E-state index contributed by atoms with van der Waals surface area (Å²) >= 11 is 0. The summed E-state index contributed by atoms with van der Waals surface area (Å²) in [6.45, 7) is 5.19. The van der Waals surface area contributed by atoms with E-state index >= 15 is 0 Å². The standard InChI is InChI=1S/C28H37NO3/c1-20-4-2-3-5-26(20)28-12-6-22-18-25(11-13-27(22)32-28)31-24-9-7-23(8-10-24)29-19-21-14-16-30-17-15-21/h2-5,11,13,18,21,23-24,28-29H,6-10,12,14-17,19H2,1H3. The Morgan fingerprint density at radius 2 is 1.75 bits per heavy atom. The van der Waals surface area contributed by atoms with Gasteiger partial charge < -0.3 is 19.5 Å². The van der Waals surface area contributed by atoms with Crippen LogP contribution in [0.1, 0.15) is 67.7 Å². The molecule has 1 atom stereocenters.